The fourth-order valence-electron chi connectivity index (χ4n) is 2.91. The molecule has 0 unspecified atom stereocenters. The predicted octanol–water partition coefficient (Wildman–Crippen LogP) is 2.69. The number of hydrogen-bond acceptors (Lipinski definition) is 5. The fourth-order valence-corrected chi connectivity index (χ4v) is 2.91. The van der Waals surface area contributed by atoms with E-state index in [-0.39, 0.29) is 17.3 Å². The summed E-state index contributed by atoms with van der Waals surface area (Å²) in [5.41, 5.74) is 1.94. The molecule has 3 rings (SSSR count). The van der Waals surface area contributed by atoms with Gasteiger partial charge < -0.3 is 14.4 Å². The van der Waals surface area contributed by atoms with E-state index in [1.807, 2.05) is 39.0 Å². The summed E-state index contributed by atoms with van der Waals surface area (Å²) < 4.78 is 5.22. The predicted molar refractivity (Wildman–Crippen MR) is 98.8 cm³/mol. The zero-order valence-corrected chi connectivity index (χ0v) is 15.2. The minimum absolute atomic E-state index is 0.0498. The molecule has 1 amide bonds. The summed E-state index contributed by atoms with van der Waals surface area (Å²) in [6, 6.07) is 7.56. The molecule has 0 aliphatic heterocycles. The molecule has 0 saturated carbocycles. The first-order valence-corrected chi connectivity index (χ1v) is 8.76. The lowest BCUT2D eigenvalue weighted by Crippen LogP contribution is -2.30. The first-order chi connectivity index (χ1) is 12.5. The Balaban J connectivity index is 1.81. The van der Waals surface area contributed by atoms with Crippen molar-refractivity contribution in [2.45, 2.75) is 33.6 Å². The number of benzene rings is 1. The van der Waals surface area contributed by atoms with Crippen LogP contribution in [0.2, 0.25) is 0 Å². The van der Waals surface area contributed by atoms with E-state index in [0.29, 0.717) is 37.4 Å². The Bertz CT molecular complexity index is 986. The van der Waals surface area contributed by atoms with Crippen molar-refractivity contribution in [1.82, 2.24) is 20.0 Å². The Morgan fingerprint density at radius 1 is 1.23 bits per heavy atom. The number of rotatable bonds is 6. The standard InChI is InChI=1S/C19H22N4O3/c1-4-23(5-2)17(24)9-8-16-21-18(22-26-16)14-11-13-10-12(3)6-7-15(13)20-19(14)25/h6-7,10-11H,4-5,8-9H2,1-3H3,(H,20,25). The van der Waals surface area contributed by atoms with Crippen molar-refractivity contribution in [3.05, 3.63) is 46.1 Å². The van der Waals surface area contributed by atoms with Gasteiger partial charge in [-0.1, -0.05) is 16.8 Å². The molecule has 7 heteroatoms. The van der Waals surface area contributed by atoms with Crippen molar-refractivity contribution in [2.24, 2.45) is 0 Å². The average Bonchev–Trinajstić information content (AvgIpc) is 3.09. The third-order valence-electron chi connectivity index (χ3n) is 4.38. The molecule has 3 aromatic rings. The van der Waals surface area contributed by atoms with Crippen LogP contribution >= 0.6 is 0 Å². The van der Waals surface area contributed by atoms with E-state index in [4.69, 9.17) is 4.52 Å². The quantitative estimate of drug-likeness (QED) is 0.735. The lowest BCUT2D eigenvalue weighted by molar-refractivity contribution is -0.130. The summed E-state index contributed by atoms with van der Waals surface area (Å²) in [4.78, 5) is 33.3. The van der Waals surface area contributed by atoms with Crippen LogP contribution in [0.4, 0.5) is 0 Å². The van der Waals surface area contributed by atoms with Gasteiger partial charge in [-0.3, -0.25) is 9.59 Å². The molecule has 26 heavy (non-hydrogen) atoms. The van der Waals surface area contributed by atoms with Gasteiger partial charge in [0.25, 0.3) is 5.56 Å². The summed E-state index contributed by atoms with van der Waals surface area (Å²) in [6.07, 6.45) is 0.656. The van der Waals surface area contributed by atoms with Gasteiger partial charge in [-0.05, 0) is 44.4 Å². The molecule has 0 fully saturated rings. The number of fused-ring (bicyclic) bond motifs is 1. The van der Waals surface area contributed by atoms with E-state index in [9.17, 15) is 9.59 Å². The van der Waals surface area contributed by atoms with Crippen molar-refractivity contribution >= 4 is 16.8 Å². The van der Waals surface area contributed by atoms with E-state index < -0.39 is 0 Å². The largest absolute Gasteiger partial charge is 0.343 e. The second-order valence-electron chi connectivity index (χ2n) is 6.18. The van der Waals surface area contributed by atoms with E-state index in [2.05, 4.69) is 15.1 Å². The highest BCUT2D eigenvalue weighted by molar-refractivity contribution is 5.83. The Kier molecular flexibility index (Phi) is 5.16. The number of H-pyrrole nitrogens is 1. The summed E-state index contributed by atoms with van der Waals surface area (Å²) in [5.74, 6) is 0.637. The van der Waals surface area contributed by atoms with Crippen LogP contribution in [0.5, 0.6) is 0 Å². The number of carbonyl (C=O) groups is 1. The smallest absolute Gasteiger partial charge is 0.259 e. The molecule has 0 aliphatic rings. The van der Waals surface area contributed by atoms with Gasteiger partial charge in [0.1, 0.15) is 0 Å². The second kappa shape index (κ2) is 7.51. The number of nitrogens with zero attached hydrogens (tertiary/aromatic N) is 3. The summed E-state index contributed by atoms with van der Waals surface area (Å²) in [7, 11) is 0. The average molecular weight is 354 g/mol. The van der Waals surface area contributed by atoms with Gasteiger partial charge in [0, 0.05) is 31.4 Å². The molecule has 1 aromatic carbocycles. The molecule has 1 N–H and O–H groups in total. The molecular weight excluding hydrogens is 332 g/mol. The Morgan fingerprint density at radius 3 is 2.73 bits per heavy atom. The number of pyridine rings is 1. The Labute approximate surface area is 151 Å². The third-order valence-corrected chi connectivity index (χ3v) is 4.38. The normalized spacial score (nSPS) is 11.0. The fraction of sp³-hybridized carbons (Fsp3) is 0.368. The van der Waals surface area contributed by atoms with Gasteiger partial charge in [0.05, 0.1) is 5.56 Å². The molecule has 7 nitrogen and oxygen atoms in total. The molecule has 136 valence electrons. The zero-order valence-electron chi connectivity index (χ0n) is 15.2. The van der Waals surface area contributed by atoms with E-state index in [1.165, 1.54) is 0 Å². The molecule has 0 saturated heterocycles. The van der Waals surface area contributed by atoms with Crippen molar-refractivity contribution in [3.63, 3.8) is 0 Å². The Morgan fingerprint density at radius 2 is 2.00 bits per heavy atom. The van der Waals surface area contributed by atoms with E-state index in [0.717, 1.165) is 16.5 Å². The van der Waals surface area contributed by atoms with Gasteiger partial charge in [-0.2, -0.15) is 4.98 Å². The number of nitrogens with one attached hydrogen (secondary N) is 1. The van der Waals surface area contributed by atoms with Gasteiger partial charge in [0.15, 0.2) is 0 Å². The van der Waals surface area contributed by atoms with Gasteiger partial charge in [-0.15, -0.1) is 0 Å². The highest BCUT2D eigenvalue weighted by atomic mass is 16.5. The van der Waals surface area contributed by atoms with Crippen LogP contribution in [0, 0.1) is 6.92 Å². The van der Waals surface area contributed by atoms with Crippen molar-refractivity contribution < 1.29 is 9.32 Å². The lowest BCUT2D eigenvalue weighted by atomic mass is 10.1. The van der Waals surface area contributed by atoms with Gasteiger partial charge >= 0.3 is 0 Å². The van der Waals surface area contributed by atoms with Crippen LogP contribution in [-0.4, -0.2) is 39.0 Å². The van der Waals surface area contributed by atoms with Crippen LogP contribution < -0.4 is 5.56 Å². The summed E-state index contributed by atoms with van der Waals surface area (Å²) in [5, 5.41) is 4.81. The molecule has 0 radical (unpaired) electrons. The molecule has 0 bridgehead atoms. The number of amides is 1. The molecule has 0 atom stereocenters. The van der Waals surface area contributed by atoms with Gasteiger partial charge in [0.2, 0.25) is 17.6 Å². The van der Waals surface area contributed by atoms with Crippen molar-refractivity contribution in [3.8, 4) is 11.4 Å². The number of aromatic nitrogens is 3. The lowest BCUT2D eigenvalue weighted by Gasteiger charge is -2.17. The Hall–Kier alpha value is -2.96. The number of aryl methyl sites for hydroxylation is 2. The number of carbonyl (C=O) groups excluding carboxylic acids is 1. The summed E-state index contributed by atoms with van der Waals surface area (Å²) >= 11 is 0. The van der Waals surface area contributed by atoms with E-state index in [1.54, 1.807) is 11.0 Å². The maximum atomic E-state index is 12.3. The van der Waals surface area contributed by atoms with Crippen LogP contribution in [0.1, 0.15) is 31.7 Å². The van der Waals surface area contributed by atoms with Crippen molar-refractivity contribution in [1.29, 1.82) is 0 Å². The van der Waals surface area contributed by atoms with Crippen LogP contribution in [0.25, 0.3) is 22.3 Å². The molecule has 2 aromatic heterocycles. The SMILES string of the molecule is CCN(CC)C(=O)CCc1nc(-c2cc3cc(C)ccc3[nH]c2=O)no1. The summed E-state index contributed by atoms with van der Waals surface area (Å²) in [6.45, 7) is 7.23. The number of aromatic amines is 1. The molecule has 2 heterocycles. The molecular formula is C19H22N4O3. The maximum absolute atomic E-state index is 12.3. The second-order valence-corrected chi connectivity index (χ2v) is 6.18. The minimum Gasteiger partial charge on any atom is -0.343 e. The first-order valence-electron chi connectivity index (χ1n) is 8.76. The first kappa shape index (κ1) is 17.8. The topological polar surface area (TPSA) is 92.1 Å². The van der Waals surface area contributed by atoms with Crippen LogP contribution in [0.15, 0.2) is 33.6 Å². The highest BCUT2D eigenvalue weighted by Gasteiger charge is 2.16. The van der Waals surface area contributed by atoms with Crippen LogP contribution in [0.3, 0.4) is 0 Å². The monoisotopic (exact) mass is 354 g/mol. The van der Waals surface area contributed by atoms with E-state index >= 15 is 0 Å². The van der Waals surface area contributed by atoms with Crippen molar-refractivity contribution in [2.75, 3.05) is 13.1 Å². The van der Waals surface area contributed by atoms with Gasteiger partial charge in [-0.25, -0.2) is 0 Å². The highest BCUT2D eigenvalue weighted by Crippen LogP contribution is 2.19. The van der Waals surface area contributed by atoms with Crippen LogP contribution in [-0.2, 0) is 11.2 Å². The molecule has 0 spiro atoms. The maximum Gasteiger partial charge on any atom is 0.259 e. The zero-order chi connectivity index (χ0) is 18.7. The number of hydrogen-bond donors (Lipinski definition) is 1. The minimum atomic E-state index is -0.270. The molecule has 0 aliphatic carbocycles. The third kappa shape index (κ3) is 3.66.